The summed E-state index contributed by atoms with van der Waals surface area (Å²) < 4.78 is 14.7. The van der Waals surface area contributed by atoms with Gasteiger partial charge < -0.3 is 5.32 Å². The largest absolute Gasteiger partial charge is 0.309 e. The Hall–Kier alpha value is -0.0600. The van der Waals surface area contributed by atoms with Crippen LogP contribution >= 0.6 is 27.7 Å². The summed E-state index contributed by atoms with van der Waals surface area (Å²) in [6.07, 6.45) is 2.20. The third-order valence-corrected chi connectivity index (χ3v) is 5.16. The number of halogens is 2. The Balaban J connectivity index is 2.80. The first-order chi connectivity index (χ1) is 9.10. The molecular weight excluding hydrogens is 325 g/mol. The van der Waals surface area contributed by atoms with Crippen molar-refractivity contribution in [2.45, 2.75) is 44.9 Å². The van der Waals surface area contributed by atoms with Crippen molar-refractivity contribution in [2.24, 2.45) is 0 Å². The van der Waals surface area contributed by atoms with Crippen molar-refractivity contribution in [2.75, 3.05) is 12.3 Å². The molecule has 0 amide bonds. The minimum absolute atomic E-state index is 0.0800. The van der Waals surface area contributed by atoms with Gasteiger partial charge in [0.05, 0.1) is 4.47 Å². The van der Waals surface area contributed by atoms with Crippen molar-refractivity contribution in [3.8, 4) is 0 Å². The maximum atomic E-state index is 14.2. The van der Waals surface area contributed by atoms with Crippen molar-refractivity contribution in [3.05, 3.63) is 34.1 Å². The topological polar surface area (TPSA) is 12.0 Å². The van der Waals surface area contributed by atoms with Crippen LogP contribution in [0.5, 0.6) is 0 Å². The SMILES string of the molecule is CCCNC(CSC(C)CC)c1cccc(Br)c1F. The standard InChI is InChI=1S/C15H23BrFNS/c1-4-9-18-14(10-19-11(3)5-2)12-7-6-8-13(16)15(12)17/h6-8,11,14,18H,4-5,9-10H2,1-3H3. The fourth-order valence-corrected chi connectivity index (χ4v) is 3.18. The molecule has 4 heteroatoms. The Morgan fingerprint density at radius 3 is 2.74 bits per heavy atom. The van der Waals surface area contributed by atoms with Crippen molar-refractivity contribution in [1.29, 1.82) is 0 Å². The number of hydrogen-bond acceptors (Lipinski definition) is 2. The molecule has 0 radical (unpaired) electrons. The summed E-state index contributed by atoms with van der Waals surface area (Å²) in [5.41, 5.74) is 0.763. The van der Waals surface area contributed by atoms with E-state index < -0.39 is 0 Å². The second-order valence-electron chi connectivity index (χ2n) is 4.70. The second-order valence-corrected chi connectivity index (χ2v) is 7.03. The average Bonchev–Trinajstić information content (AvgIpc) is 2.42. The monoisotopic (exact) mass is 347 g/mol. The highest BCUT2D eigenvalue weighted by Crippen LogP contribution is 2.28. The normalized spacial score (nSPS) is 14.4. The summed E-state index contributed by atoms with van der Waals surface area (Å²) in [5.74, 6) is 0.767. The molecule has 1 N–H and O–H groups in total. The van der Waals surface area contributed by atoms with Gasteiger partial charge in [-0.15, -0.1) is 0 Å². The minimum Gasteiger partial charge on any atom is -0.309 e. The number of benzene rings is 1. The molecule has 0 heterocycles. The fourth-order valence-electron chi connectivity index (χ4n) is 1.75. The molecule has 0 spiro atoms. The lowest BCUT2D eigenvalue weighted by Gasteiger charge is -2.21. The first-order valence-electron chi connectivity index (χ1n) is 6.89. The molecule has 1 rings (SSSR count). The molecule has 0 aliphatic carbocycles. The summed E-state index contributed by atoms with van der Waals surface area (Å²) in [6.45, 7) is 7.45. The van der Waals surface area contributed by atoms with Gasteiger partial charge in [-0.2, -0.15) is 11.8 Å². The van der Waals surface area contributed by atoms with Crippen LogP contribution in [0.15, 0.2) is 22.7 Å². The number of thioether (sulfide) groups is 1. The van der Waals surface area contributed by atoms with Gasteiger partial charge >= 0.3 is 0 Å². The van der Waals surface area contributed by atoms with Crippen molar-refractivity contribution in [1.82, 2.24) is 5.32 Å². The van der Waals surface area contributed by atoms with Crippen LogP contribution in [0.1, 0.15) is 45.2 Å². The van der Waals surface area contributed by atoms with Gasteiger partial charge in [0, 0.05) is 22.6 Å². The Kier molecular flexibility index (Phi) is 8.03. The van der Waals surface area contributed by atoms with E-state index in [4.69, 9.17) is 0 Å². The van der Waals surface area contributed by atoms with Gasteiger partial charge in [-0.1, -0.05) is 32.9 Å². The zero-order chi connectivity index (χ0) is 14.3. The molecule has 1 aromatic carbocycles. The van der Waals surface area contributed by atoms with Gasteiger partial charge in [0.15, 0.2) is 0 Å². The third kappa shape index (κ3) is 5.44. The van der Waals surface area contributed by atoms with E-state index in [-0.39, 0.29) is 11.9 Å². The van der Waals surface area contributed by atoms with E-state index in [1.165, 1.54) is 0 Å². The average molecular weight is 348 g/mol. The molecule has 0 fully saturated rings. The van der Waals surface area contributed by atoms with Gasteiger partial charge in [0.1, 0.15) is 5.82 Å². The maximum absolute atomic E-state index is 14.2. The smallest absolute Gasteiger partial charge is 0.142 e. The number of hydrogen-bond donors (Lipinski definition) is 1. The molecule has 0 aliphatic rings. The molecule has 19 heavy (non-hydrogen) atoms. The third-order valence-electron chi connectivity index (χ3n) is 3.12. The van der Waals surface area contributed by atoms with Gasteiger partial charge in [0.2, 0.25) is 0 Å². The molecule has 1 aromatic rings. The van der Waals surface area contributed by atoms with Gasteiger partial charge in [-0.3, -0.25) is 0 Å². The number of rotatable bonds is 8. The molecule has 0 aromatic heterocycles. The minimum atomic E-state index is -0.138. The van der Waals surface area contributed by atoms with Gasteiger partial charge in [-0.05, 0) is 41.4 Å². The summed E-state index contributed by atoms with van der Waals surface area (Å²) in [6, 6.07) is 5.61. The highest BCUT2D eigenvalue weighted by Gasteiger charge is 2.17. The lowest BCUT2D eigenvalue weighted by molar-refractivity contribution is 0.529. The maximum Gasteiger partial charge on any atom is 0.142 e. The molecule has 108 valence electrons. The van der Waals surface area contributed by atoms with Gasteiger partial charge in [-0.25, -0.2) is 4.39 Å². The molecule has 2 atom stereocenters. The van der Waals surface area contributed by atoms with Crippen LogP contribution in [0.25, 0.3) is 0 Å². The van der Waals surface area contributed by atoms with E-state index in [0.29, 0.717) is 9.72 Å². The first kappa shape index (κ1) is 17.0. The Labute approximate surface area is 128 Å². The highest BCUT2D eigenvalue weighted by atomic mass is 79.9. The van der Waals surface area contributed by atoms with E-state index in [1.807, 2.05) is 23.9 Å². The van der Waals surface area contributed by atoms with Gasteiger partial charge in [0.25, 0.3) is 0 Å². The fraction of sp³-hybridized carbons (Fsp3) is 0.600. The zero-order valence-electron chi connectivity index (χ0n) is 11.9. The summed E-state index contributed by atoms with van der Waals surface area (Å²) >= 11 is 5.17. The lowest BCUT2D eigenvalue weighted by atomic mass is 10.1. The first-order valence-corrected chi connectivity index (χ1v) is 8.73. The Bertz CT molecular complexity index is 386. The van der Waals surface area contributed by atoms with Crippen molar-refractivity contribution in [3.63, 3.8) is 0 Å². The van der Waals surface area contributed by atoms with E-state index in [0.717, 1.165) is 30.7 Å². The van der Waals surface area contributed by atoms with Crippen LogP contribution in [-0.4, -0.2) is 17.5 Å². The van der Waals surface area contributed by atoms with E-state index in [9.17, 15) is 4.39 Å². The molecule has 0 aliphatic heterocycles. The molecule has 0 bridgehead atoms. The van der Waals surface area contributed by atoms with Crippen LogP contribution in [0, 0.1) is 5.82 Å². The van der Waals surface area contributed by atoms with Crippen LogP contribution in [0.2, 0.25) is 0 Å². The van der Waals surface area contributed by atoms with E-state index >= 15 is 0 Å². The predicted molar refractivity (Wildman–Crippen MR) is 87.3 cm³/mol. The quantitative estimate of drug-likeness (QED) is 0.696. The van der Waals surface area contributed by atoms with Crippen LogP contribution < -0.4 is 5.32 Å². The van der Waals surface area contributed by atoms with Crippen LogP contribution in [-0.2, 0) is 0 Å². The van der Waals surface area contributed by atoms with E-state index in [2.05, 4.69) is 42.0 Å². The predicted octanol–water partition coefficient (Wildman–Crippen LogP) is 5.16. The van der Waals surface area contributed by atoms with Crippen molar-refractivity contribution < 1.29 is 4.39 Å². The highest BCUT2D eigenvalue weighted by molar-refractivity contribution is 9.10. The Morgan fingerprint density at radius 2 is 2.11 bits per heavy atom. The van der Waals surface area contributed by atoms with Crippen molar-refractivity contribution >= 4 is 27.7 Å². The summed E-state index contributed by atoms with van der Waals surface area (Å²) in [5, 5.41) is 4.06. The number of nitrogens with one attached hydrogen (secondary N) is 1. The molecule has 2 unspecified atom stereocenters. The molecular formula is C15H23BrFNS. The van der Waals surface area contributed by atoms with E-state index in [1.54, 1.807) is 6.07 Å². The summed E-state index contributed by atoms with van der Waals surface area (Å²) in [7, 11) is 0. The molecule has 0 saturated carbocycles. The molecule has 0 saturated heterocycles. The Morgan fingerprint density at radius 1 is 1.37 bits per heavy atom. The molecule has 1 nitrogen and oxygen atoms in total. The summed E-state index contributed by atoms with van der Waals surface area (Å²) in [4.78, 5) is 0. The lowest BCUT2D eigenvalue weighted by Crippen LogP contribution is -2.25. The zero-order valence-corrected chi connectivity index (χ0v) is 14.3. The second kappa shape index (κ2) is 8.98. The van der Waals surface area contributed by atoms with Crippen LogP contribution in [0.4, 0.5) is 4.39 Å². The van der Waals surface area contributed by atoms with Crippen LogP contribution in [0.3, 0.4) is 0 Å².